The van der Waals surface area contributed by atoms with E-state index in [1.165, 1.54) is 0 Å². The van der Waals surface area contributed by atoms with Crippen molar-refractivity contribution in [2.75, 3.05) is 31.3 Å². The lowest BCUT2D eigenvalue weighted by Gasteiger charge is -2.30. The minimum absolute atomic E-state index is 0.0147. The van der Waals surface area contributed by atoms with Crippen molar-refractivity contribution >= 4 is 29.5 Å². The van der Waals surface area contributed by atoms with Gasteiger partial charge in [-0.25, -0.2) is 0 Å². The second kappa shape index (κ2) is 6.79. The zero-order valence-corrected chi connectivity index (χ0v) is 13.8. The Bertz CT molecular complexity index is 561. The van der Waals surface area contributed by atoms with E-state index < -0.39 is 12.1 Å². The van der Waals surface area contributed by atoms with E-state index in [-0.39, 0.29) is 24.3 Å². The fourth-order valence-corrected chi connectivity index (χ4v) is 4.49. The van der Waals surface area contributed by atoms with Crippen molar-refractivity contribution in [2.24, 2.45) is 0 Å². The zero-order chi connectivity index (χ0) is 16.4. The van der Waals surface area contributed by atoms with Gasteiger partial charge in [-0.3, -0.25) is 14.4 Å². The van der Waals surface area contributed by atoms with Gasteiger partial charge in [-0.2, -0.15) is 5.26 Å². The molecule has 3 aliphatic heterocycles. The highest BCUT2D eigenvalue weighted by molar-refractivity contribution is 7.99. The summed E-state index contributed by atoms with van der Waals surface area (Å²) in [6, 6.07) is 1.28. The van der Waals surface area contributed by atoms with Crippen LogP contribution in [0.3, 0.4) is 0 Å². The standard InChI is InChI=1S/C15H20N4O3S/c16-7-11-9-23-10-19(11)15(22)12-3-1-6-18(12)14(21)8-17-5-2-4-13(17)20/h11-12H,1-6,8-10H2/t11-,12+/m1/s1. The van der Waals surface area contributed by atoms with Gasteiger partial charge in [-0.05, 0) is 19.3 Å². The molecular weight excluding hydrogens is 316 g/mol. The molecule has 0 bridgehead atoms. The average molecular weight is 336 g/mol. The first-order valence-electron chi connectivity index (χ1n) is 7.97. The van der Waals surface area contributed by atoms with E-state index in [4.69, 9.17) is 5.26 Å². The summed E-state index contributed by atoms with van der Waals surface area (Å²) in [5.74, 6) is 0.878. The third kappa shape index (κ3) is 3.15. The van der Waals surface area contributed by atoms with Crippen LogP contribution < -0.4 is 0 Å². The molecule has 0 aromatic carbocycles. The zero-order valence-electron chi connectivity index (χ0n) is 12.9. The maximum atomic E-state index is 12.7. The fourth-order valence-electron chi connectivity index (χ4n) is 3.41. The van der Waals surface area contributed by atoms with E-state index >= 15 is 0 Å². The van der Waals surface area contributed by atoms with Crippen LogP contribution in [0.1, 0.15) is 25.7 Å². The second-order valence-electron chi connectivity index (χ2n) is 6.12. The van der Waals surface area contributed by atoms with E-state index in [1.807, 2.05) is 0 Å². The molecule has 3 saturated heterocycles. The van der Waals surface area contributed by atoms with Gasteiger partial charge in [0, 0.05) is 25.3 Å². The lowest BCUT2D eigenvalue weighted by Crippen LogP contribution is -2.51. The van der Waals surface area contributed by atoms with Crippen LogP contribution in [0.25, 0.3) is 0 Å². The highest BCUT2D eigenvalue weighted by atomic mass is 32.2. The summed E-state index contributed by atoms with van der Waals surface area (Å²) in [6.07, 6.45) is 2.72. The van der Waals surface area contributed by atoms with Gasteiger partial charge in [0.05, 0.1) is 18.5 Å². The van der Waals surface area contributed by atoms with Crippen molar-refractivity contribution < 1.29 is 14.4 Å². The van der Waals surface area contributed by atoms with Gasteiger partial charge in [0.2, 0.25) is 17.7 Å². The molecule has 2 atom stereocenters. The number of likely N-dealkylation sites (tertiary alicyclic amines) is 2. The summed E-state index contributed by atoms with van der Waals surface area (Å²) < 4.78 is 0. The van der Waals surface area contributed by atoms with E-state index in [0.29, 0.717) is 37.6 Å². The summed E-state index contributed by atoms with van der Waals surface area (Å²) in [6.45, 7) is 1.24. The molecule has 0 saturated carbocycles. The van der Waals surface area contributed by atoms with Crippen molar-refractivity contribution in [1.82, 2.24) is 14.7 Å². The van der Waals surface area contributed by atoms with Gasteiger partial charge in [0.1, 0.15) is 12.1 Å². The van der Waals surface area contributed by atoms with Crippen LogP contribution in [0, 0.1) is 11.3 Å². The second-order valence-corrected chi connectivity index (χ2v) is 7.12. The van der Waals surface area contributed by atoms with Crippen LogP contribution in [0.15, 0.2) is 0 Å². The molecule has 0 unspecified atom stereocenters. The Morgan fingerprint density at radius 1 is 1.26 bits per heavy atom. The van der Waals surface area contributed by atoms with Gasteiger partial charge in [0.15, 0.2) is 0 Å². The summed E-state index contributed by atoms with van der Waals surface area (Å²) in [7, 11) is 0. The van der Waals surface area contributed by atoms with Crippen molar-refractivity contribution in [3.05, 3.63) is 0 Å². The number of amides is 3. The summed E-state index contributed by atoms with van der Waals surface area (Å²) in [5, 5.41) is 9.14. The monoisotopic (exact) mass is 336 g/mol. The Morgan fingerprint density at radius 3 is 2.78 bits per heavy atom. The van der Waals surface area contributed by atoms with E-state index in [0.717, 1.165) is 12.8 Å². The minimum Gasteiger partial charge on any atom is -0.333 e. The molecule has 0 aromatic heterocycles. The van der Waals surface area contributed by atoms with Crippen LogP contribution >= 0.6 is 11.8 Å². The smallest absolute Gasteiger partial charge is 0.247 e. The molecule has 0 N–H and O–H groups in total. The molecule has 0 spiro atoms. The van der Waals surface area contributed by atoms with Crippen LogP contribution in [-0.4, -0.2) is 75.8 Å². The summed E-state index contributed by atoms with van der Waals surface area (Å²) in [5.41, 5.74) is 0. The third-order valence-electron chi connectivity index (χ3n) is 4.67. The predicted molar refractivity (Wildman–Crippen MR) is 84.1 cm³/mol. The maximum Gasteiger partial charge on any atom is 0.247 e. The Hall–Kier alpha value is -1.75. The molecular formula is C15H20N4O3S. The number of thioether (sulfide) groups is 1. The van der Waals surface area contributed by atoms with Gasteiger partial charge >= 0.3 is 0 Å². The number of carbonyl (C=O) groups is 3. The van der Waals surface area contributed by atoms with Gasteiger partial charge < -0.3 is 14.7 Å². The molecule has 0 aromatic rings. The van der Waals surface area contributed by atoms with Crippen molar-refractivity contribution in [2.45, 2.75) is 37.8 Å². The SMILES string of the molecule is N#C[C@@H]1CSCN1C(=O)[C@@H]1CCCN1C(=O)CN1CCCC1=O. The number of hydrogen-bond donors (Lipinski definition) is 0. The van der Waals surface area contributed by atoms with Gasteiger partial charge in [-0.15, -0.1) is 11.8 Å². The number of rotatable bonds is 3. The Labute approximate surface area is 139 Å². The highest BCUT2D eigenvalue weighted by Crippen LogP contribution is 2.26. The van der Waals surface area contributed by atoms with E-state index in [1.54, 1.807) is 26.5 Å². The van der Waals surface area contributed by atoms with Crippen LogP contribution in [0.5, 0.6) is 0 Å². The Balaban J connectivity index is 1.65. The Morgan fingerprint density at radius 2 is 2.09 bits per heavy atom. The lowest BCUT2D eigenvalue weighted by atomic mass is 10.1. The molecule has 23 heavy (non-hydrogen) atoms. The first kappa shape index (κ1) is 16.1. The molecule has 0 aliphatic carbocycles. The van der Waals surface area contributed by atoms with Crippen molar-refractivity contribution in [3.8, 4) is 6.07 Å². The van der Waals surface area contributed by atoms with Crippen LogP contribution in [0.4, 0.5) is 0 Å². The molecule has 3 fully saturated rings. The van der Waals surface area contributed by atoms with E-state index in [9.17, 15) is 14.4 Å². The average Bonchev–Trinajstić information content (AvgIpc) is 3.27. The van der Waals surface area contributed by atoms with E-state index in [2.05, 4.69) is 6.07 Å². The highest BCUT2D eigenvalue weighted by Gasteiger charge is 2.40. The molecule has 3 rings (SSSR count). The summed E-state index contributed by atoms with van der Waals surface area (Å²) >= 11 is 1.56. The quantitative estimate of drug-likeness (QED) is 0.726. The maximum absolute atomic E-state index is 12.7. The molecule has 3 aliphatic rings. The minimum atomic E-state index is -0.477. The van der Waals surface area contributed by atoms with Crippen LogP contribution in [-0.2, 0) is 14.4 Å². The van der Waals surface area contributed by atoms with Crippen LogP contribution in [0.2, 0.25) is 0 Å². The lowest BCUT2D eigenvalue weighted by molar-refractivity contribution is -0.145. The van der Waals surface area contributed by atoms with Gasteiger partial charge in [-0.1, -0.05) is 0 Å². The topological polar surface area (TPSA) is 84.7 Å². The first-order valence-corrected chi connectivity index (χ1v) is 9.12. The molecule has 3 heterocycles. The normalized spacial score (nSPS) is 27.6. The Kier molecular flexibility index (Phi) is 4.76. The predicted octanol–water partition coefficient (Wildman–Crippen LogP) is 0.0249. The fraction of sp³-hybridized carbons (Fsp3) is 0.733. The summed E-state index contributed by atoms with van der Waals surface area (Å²) in [4.78, 5) is 41.7. The van der Waals surface area contributed by atoms with Gasteiger partial charge in [0.25, 0.3) is 0 Å². The third-order valence-corrected chi connectivity index (χ3v) is 5.68. The molecule has 124 valence electrons. The number of hydrogen-bond acceptors (Lipinski definition) is 5. The van der Waals surface area contributed by atoms with Crippen molar-refractivity contribution in [3.63, 3.8) is 0 Å². The number of nitrogens with zero attached hydrogens (tertiary/aromatic N) is 4. The molecule has 8 heteroatoms. The first-order chi connectivity index (χ1) is 11.1. The number of carbonyl (C=O) groups excluding carboxylic acids is 3. The largest absolute Gasteiger partial charge is 0.333 e. The van der Waals surface area contributed by atoms with Crippen molar-refractivity contribution in [1.29, 1.82) is 5.26 Å². The molecule has 3 amide bonds. The molecule has 0 radical (unpaired) electrons. The number of nitriles is 1. The molecule has 7 nitrogen and oxygen atoms in total.